The van der Waals surface area contributed by atoms with Crippen molar-refractivity contribution in [1.82, 2.24) is 20.4 Å². The van der Waals surface area contributed by atoms with Crippen molar-refractivity contribution in [3.8, 4) is 0 Å². The van der Waals surface area contributed by atoms with Crippen LogP contribution in [-0.4, -0.2) is 75.3 Å². The molecule has 1 aliphatic carbocycles. The molecule has 2 N–H and O–H groups in total. The van der Waals surface area contributed by atoms with Crippen LogP contribution in [0.2, 0.25) is 0 Å². The van der Waals surface area contributed by atoms with E-state index in [2.05, 4.69) is 56.6 Å². The van der Waals surface area contributed by atoms with Gasteiger partial charge in [0.05, 0.1) is 0 Å². The van der Waals surface area contributed by atoms with Crippen LogP contribution < -0.4 is 10.6 Å². The monoisotopic (exact) mass is 401 g/mol. The normalized spacial score (nSPS) is 18.8. The molecule has 1 saturated heterocycles. The largest absolute Gasteiger partial charge is 0.381 e. The lowest BCUT2D eigenvalue weighted by molar-refractivity contribution is 0.123. The zero-order valence-electron chi connectivity index (χ0n) is 18.3. The van der Waals surface area contributed by atoms with Crippen LogP contribution in [0.1, 0.15) is 37.3 Å². The van der Waals surface area contributed by atoms with E-state index in [9.17, 15) is 0 Å². The molecule has 162 valence electrons. The molecule has 0 spiro atoms. The molecule has 1 aromatic rings. The average molecular weight is 402 g/mol. The second-order valence-electron chi connectivity index (χ2n) is 8.25. The fourth-order valence-electron chi connectivity index (χ4n) is 3.61. The zero-order valence-corrected chi connectivity index (χ0v) is 18.3. The molecular formula is C23H39N5O. The first-order valence-electron chi connectivity index (χ1n) is 11.3. The summed E-state index contributed by atoms with van der Waals surface area (Å²) in [6, 6.07) is 8.97. The van der Waals surface area contributed by atoms with Crippen LogP contribution in [0.25, 0.3) is 0 Å². The molecule has 6 heteroatoms. The van der Waals surface area contributed by atoms with Crippen molar-refractivity contribution in [1.29, 1.82) is 0 Å². The molecule has 0 aromatic heterocycles. The lowest BCUT2D eigenvalue weighted by atomic mass is 10.1. The van der Waals surface area contributed by atoms with Gasteiger partial charge in [0.1, 0.15) is 0 Å². The van der Waals surface area contributed by atoms with Crippen molar-refractivity contribution in [2.45, 2.75) is 39.3 Å². The topological polar surface area (TPSA) is 52.1 Å². The van der Waals surface area contributed by atoms with Crippen LogP contribution in [0.3, 0.4) is 0 Å². The first kappa shape index (κ1) is 22.1. The highest BCUT2D eigenvalue weighted by Gasteiger charge is 2.20. The van der Waals surface area contributed by atoms with E-state index in [0.29, 0.717) is 0 Å². The van der Waals surface area contributed by atoms with Gasteiger partial charge in [0.2, 0.25) is 0 Å². The van der Waals surface area contributed by atoms with Crippen LogP contribution in [0.4, 0.5) is 0 Å². The van der Waals surface area contributed by atoms with Gasteiger partial charge in [0, 0.05) is 66.1 Å². The Morgan fingerprint density at radius 3 is 2.38 bits per heavy atom. The molecule has 1 heterocycles. The summed E-state index contributed by atoms with van der Waals surface area (Å²) in [6.45, 7) is 12.6. The number of hydrogen-bond donors (Lipinski definition) is 2. The highest BCUT2D eigenvalue weighted by Crippen LogP contribution is 2.28. The Morgan fingerprint density at radius 2 is 1.72 bits per heavy atom. The van der Waals surface area contributed by atoms with Crippen LogP contribution in [-0.2, 0) is 17.8 Å². The number of aliphatic imine (C=N–C) groups is 1. The van der Waals surface area contributed by atoms with Gasteiger partial charge in [-0.05, 0) is 42.9 Å². The van der Waals surface area contributed by atoms with Gasteiger partial charge in [0.15, 0.2) is 5.96 Å². The van der Waals surface area contributed by atoms with Crippen molar-refractivity contribution >= 4 is 5.96 Å². The smallest absolute Gasteiger partial charge is 0.191 e. The van der Waals surface area contributed by atoms with Gasteiger partial charge in [0.25, 0.3) is 0 Å². The van der Waals surface area contributed by atoms with Gasteiger partial charge < -0.3 is 20.3 Å². The first-order chi connectivity index (χ1) is 14.3. The molecule has 0 radical (unpaired) electrons. The molecule has 29 heavy (non-hydrogen) atoms. The summed E-state index contributed by atoms with van der Waals surface area (Å²) < 4.78 is 5.67. The van der Waals surface area contributed by atoms with Crippen molar-refractivity contribution < 1.29 is 4.74 Å². The maximum Gasteiger partial charge on any atom is 0.191 e. The number of guanidine groups is 1. The summed E-state index contributed by atoms with van der Waals surface area (Å²) in [7, 11) is 1.82. The summed E-state index contributed by atoms with van der Waals surface area (Å²) in [5.74, 6) is 1.69. The van der Waals surface area contributed by atoms with Crippen molar-refractivity contribution in [2.75, 3.05) is 59.5 Å². The van der Waals surface area contributed by atoms with Gasteiger partial charge in [-0.25, -0.2) is 0 Å². The maximum atomic E-state index is 5.67. The molecule has 0 bridgehead atoms. The van der Waals surface area contributed by atoms with Gasteiger partial charge >= 0.3 is 0 Å². The minimum atomic E-state index is 0.785. The standard InChI is InChI=1S/C23H39N5O/c1-3-27-12-14-28(15-13-27)18-21-7-5-20(6-8-21)17-26-23(24-2)25-11-4-16-29-19-22-9-10-22/h5-8,22H,3-4,9-19H2,1-2H3,(H2,24,25,26). The number of ether oxygens (including phenoxy) is 1. The third-order valence-corrected chi connectivity index (χ3v) is 5.83. The molecule has 2 aliphatic rings. The fourth-order valence-corrected chi connectivity index (χ4v) is 3.61. The van der Waals surface area contributed by atoms with E-state index in [-0.39, 0.29) is 0 Å². The third-order valence-electron chi connectivity index (χ3n) is 5.83. The molecule has 0 unspecified atom stereocenters. The highest BCUT2D eigenvalue weighted by molar-refractivity contribution is 5.79. The first-order valence-corrected chi connectivity index (χ1v) is 11.3. The molecular weight excluding hydrogens is 362 g/mol. The highest BCUT2D eigenvalue weighted by atomic mass is 16.5. The van der Waals surface area contributed by atoms with Crippen LogP contribution in [0.15, 0.2) is 29.3 Å². The van der Waals surface area contributed by atoms with Crippen LogP contribution >= 0.6 is 0 Å². The van der Waals surface area contributed by atoms with E-state index >= 15 is 0 Å². The SMILES string of the molecule is CCN1CCN(Cc2ccc(CNC(=NC)NCCCOCC3CC3)cc2)CC1. The minimum absolute atomic E-state index is 0.785. The summed E-state index contributed by atoms with van der Waals surface area (Å²) in [4.78, 5) is 9.39. The number of hydrogen-bond acceptors (Lipinski definition) is 4. The number of benzene rings is 1. The molecule has 3 rings (SSSR count). The van der Waals surface area contributed by atoms with E-state index in [1.165, 1.54) is 56.7 Å². The van der Waals surface area contributed by atoms with Crippen molar-refractivity contribution in [3.63, 3.8) is 0 Å². The predicted molar refractivity (Wildman–Crippen MR) is 120 cm³/mol. The second kappa shape index (κ2) is 12.2. The lowest BCUT2D eigenvalue weighted by Crippen LogP contribution is -2.45. The summed E-state index contributed by atoms with van der Waals surface area (Å²) in [6.07, 6.45) is 3.71. The van der Waals surface area contributed by atoms with E-state index < -0.39 is 0 Å². The molecule has 2 fully saturated rings. The van der Waals surface area contributed by atoms with E-state index in [1.807, 2.05) is 7.05 Å². The molecule has 6 nitrogen and oxygen atoms in total. The fraction of sp³-hybridized carbons (Fsp3) is 0.696. The van der Waals surface area contributed by atoms with Crippen molar-refractivity contribution in [3.05, 3.63) is 35.4 Å². The third kappa shape index (κ3) is 8.33. The van der Waals surface area contributed by atoms with E-state index in [1.54, 1.807) is 0 Å². The Kier molecular flexibility index (Phi) is 9.25. The summed E-state index contributed by atoms with van der Waals surface area (Å²) in [5, 5.41) is 6.76. The Labute approximate surface area is 176 Å². The van der Waals surface area contributed by atoms with Gasteiger partial charge in [-0.2, -0.15) is 0 Å². The summed E-state index contributed by atoms with van der Waals surface area (Å²) >= 11 is 0. The van der Waals surface area contributed by atoms with Gasteiger partial charge in [-0.15, -0.1) is 0 Å². The van der Waals surface area contributed by atoms with Crippen LogP contribution in [0.5, 0.6) is 0 Å². The minimum Gasteiger partial charge on any atom is -0.381 e. The number of nitrogens with zero attached hydrogens (tertiary/aromatic N) is 3. The van der Waals surface area contributed by atoms with Crippen molar-refractivity contribution in [2.24, 2.45) is 10.9 Å². The van der Waals surface area contributed by atoms with E-state index in [4.69, 9.17) is 4.74 Å². The quantitative estimate of drug-likeness (QED) is 0.339. The molecule has 0 atom stereocenters. The van der Waals surface area contributed by atoms with Crippen LogP contribution in [0, 0.1) is 5.92 Å². The number of nitrogens with one attached hydrogen (secondary N) is 2. The number of piperazine rings is 1. The molecule has 1 aromatic carbocycles. The van der Waals surface area contributed by atoms with Gasteiger partial charge in [-0.1, -0.05) is 31.2 Å². The zero-order chi connectivity index (χ0) is 20.3. The maximum absolute atomic E-state index is 5.67. The molecule has 1 aliphatic heterocycles. The molecule has 0 amide bonds. The number of rotatable bonds is 11. The predicted octanol–water partition coefficient (Wildman–Crippen LogP) is 2.31. The van der Waals surface area contributed by atoms with E-state index in [0.717, 1.165) is 51.1 Å². The lowest BCUT2D eigenvalue weighted by Gasteiger charge is -2.34. The Hall–Kier alpha value is -1.63. The Balaban J connectivity index is 1.30. The average Bonchev–Trinajstić information content (AvgIpc) is 3.59. The Bertz CT molecular complexity index is 606. The van der Waals surface area contributed by atoms with Gasteiger partial charge in [-0.3, -0.25) is 9.89 Å². The summed E-state index contributed by atoms with van der Waals surface area (Å²) in [5.41, 5.74) is 2.67. The second-order valence-corrected chi connectivity index (χ2v) is 8.25. The number of likely N-dealkylation sites (N-methyl/N-ethyl adjacent to an activating group) is 1. The Morgan fingerprint density at radius 1 is 1.03 bits per heavy atom. The molecule has 1 saturated carbocycles.